The van der Waals surface area contributed by atoms with Gasteiger partial charge in [0.2, 0.25) is 0 Å². The van der Waals surface area contributed by atoms with Crippen molar-refractivity contribution < 1.29 is 106 Å². The van der Waals surface area contributed by atoms with E-state index in [1.54, 1.807) is 6.92 Å². The summed E-state index contributed by atoms with van der Waals surface area (Å²) >= 11 is 0. The van der Waals surface area contributed by atoms with Gasteiger partial charge in [-0.3, -0.25) is 0 Å². The Balaban J connectivity index is 0. The molecule has 0 aliphatic rings. The van der Waals surface area contributed by atoms with Crippen LogP contribution in [0.2, 0.25) is 0 Å². The molecule has 0 aliphatic carbocycles. The van der Waals surface area contributed by atoms with E-state index in [1.807, 2.05) is 0 Å². The Kier molecular flexibility index (Phi) is 10.5. The molecule has 0 spiro atoms. The van der Waals surface area contributed by atoms with Gasteiger partial charge in [0.15, 0.2) is 0 Å². The Bertz CT molecular complexity index is 804. The summed E-state index contributed by atoms with van der Waals surface area (Å²) in [5.41, 5.74) is 0. The number of alkyl halides is 22. The number of ether oxygens (including phenoxy) is 1. The first-order chi connectivity index (χ1) is 16.6. The van der Waals surface area contributed by atoms with Gasteiger partial charge in [-0.1, -0.05) is 6.58 Å². The standard InChI is InChI=1S/C10F22.C5H8O2/c11-1(12,3(15,16)5(19,20)7(23,24)9(27,28)29)2(13,14)4(17,18)6(21,22)8(25,26)10(30,31)32;1-3-5(6)7-4-2/h;3H,1,4H2,2H3. The summed E-state index contributed by atoms with van der Waals surface area (Å²) in [6.07, 6.45) is -14.9. The van der Waals surface area contributed by atoms with Crippen LogP contribution in [0.4, 0.5) is 96.6 Å². The van der Waals surface area contributed by atoms with E-state index in [2.05, 4.69) is 11.3 Å². The van der Waals surface area contributed by atoms with Crippen LogP contribution in [0.25, 0.3) is 0 Å². The molecule has 2 nitrogen and oxygen atoms in total. The van der Waals surface area contributed by atoms with Crippen LogP contribution in [0, 0.1) is 0 Å². The normalized spacial score (nSPS) is 15.4. The second kappa shape index (κ2) is 10.6. The van der Waals surface area contributed by atoms with Gasteiger partial charge >= 0.3 is 65.7 Å². The summed E-state index contributed by atoms with van der Waals surface area (Å²) in [5, 5.41) is 0. The molecular weight excluding hydrogens is 630 g/mol. The Morgan fingerprint density at radius 3 is 0.769 bits per heavy atom. The van der Waals surface area contributed by atoms with Crippen molar-refractivity contribution in [1.82, 2.24) is 0 Å². The van der Waals surface area contributed by atoms with Crippen LogP contribution in [0.1, 0.15) is 6.92 Å². The fourth-order valence-electron chi connectivity index (χ4n) is 1.74. The Morgan fingerprint density at radius 1 is 0.487 bits per heavy atom. The highest BCUT2D eigenvalue weighted by atomic mass is 19.4. The first-order valence-electron chi connectivity index (χ1n) is 8.51. The van der Waals surface area contributed by atoms with Crippen LogP contribution in [-0.2, 0) is 9.53 Å². The molecule has 39 heavy (non-hydrogen) atoms. The SMILES string of the molecule is C=CC(=O)OCC.FC(F)(F)C(F)(F)C(F)(F)C(F)(F)C(F)(F)C(F)(F)C(F)(F)C(F)(F)C(F)(F)C(F)(F)F. The summed E-state index contributed by atoms with van der Waals surface area (Å²) in [6, 6.07) is 0. The third-order valence-corrected chi connectivity index (χ3v) is 3.93. The summed E-state index contributed by atoms with van der Waals surface area (Å²) in [6.45, 7) is 5.38. The van der Waals surface area contributed by atoms with Gasteiger partial charge in [-0.15, -0.1) is 0 Å². The number of esters is 1. The smallest absolute Gasteiger partial charge is 0.460 e. The van der Waals surface area contributed by atoms with E-state index in [0.717, 1.165) is 6.08 Å². The number of carbonyl (C=O) groups is 1. The lowest BCUT2D eigenvalue weighted by Gasteiger charge is -2.43. The molecule has 0 aromatic rings. The lowest BCUT2D eigenvalue weighted by atomic mass is 9.87. The minimum atomic E-state index is -9.24. The number of rotatable bonds is 9. The fourth-order valence-corrected chi connectivity index (χ4v) is 1.74. The third kappa shape index (κ3) is 5.78. The average molecular weight is 638 g/mol. The van der Waals surface area contributed by atoms with E-state index in [-0.39, 0.29) is 5.97 Å². The van der Waals surface area contributed by atoms with Gasteiger partial charge in [-0.05, 0) is 6.92 Å². The van der Waals surface area contributed by atoms with Crippen LogP contribution < -0.4 is 0 Å². The Hall–Kier alpha value is -2.33. The van der Waals surface area contributed by atoms with Gasteiger partial charge in [0.1, 0.15) is 0 Å². The molecule has 234 valence electrons. The molecule has 0 amide bonds. The fraction of sp³-hybridized carbons (Fsp3) is 0.800. The minimum absolute atomic E-state index is 0.359. The molecule has 24 heteroatoms. The minimum Gasteiger partial charge on any atom is -0.463 e. The maximum Gasteiger partial charge on any atom is 0.460 e. The van der Waals surface area contributed by atoms with E-state index in [1.165, 1.54) is 0 Å². The summed E-state index contributed by atoms with van der Waals surface area (Å²) in [4.78, 5) is 10.1. The molecule has 0 heterocycles. The van der Waals surface area contributed by atoms with Crippen LogP contribution in [-0.4, -0.2) is 72.3 Å². The first-order valence-corrected chi connectivity index (χ1v) is 8.51. The lowest BCUT2D eigenvalue weighted by Crippen LogP contribution is -2.76. The molecule has 0 N–H and O–H groups in total. The van der Waals surface area contributed by atoms with Gasteiger partial charge < -0.3 is 4.74 Å². The quantitative estimate of drug-likeness (QED) is 0.146. The van der Waals surface area contributed by atoms with Crippen LogP contribution in [0.5, 0.6) is 0 Å². The van der Waals surface area contributed by atoms with Crippen molar-refractivity contribution in [3.05, 3.63) is 12.7 Å². The maximum atomic E-state index is 13.1. The predicted molar refractivity (Wildman–Crippen MR) is 78.5 cm³/mol. The molecule has 0 radical (unpaired) electrons. The van der Waals surface area contributed by atoms with Crippen LogP contribution in [0.3, 0.4) is 0 Å². The van der Waals surface area contributed by atoms with Crippen molar-refractivity contribution in [2.45, 2.75) is 66.7 Å². The summed E-state index contributed by atoms with van der Waals surface area (Å²) in [5.74, 6) is -71.9. The zero-order chi connectivity index (χ0) is 32.7. The highest BCUT2D eigenvalue weighted by Crippen LogP contribution is 2.66. The number of halogens is 22. The molecule has 0 aliphatic heterocycles. The molecule has 0 saturated carbocycles. The topological polar surface area (TPSA) is 26.3 Å². The maximum absolute atomic E-state index is 13.1. The van der Waals surface area contributed by atoms with Gasteiger partial charge in [-0.2, -0.15) is 96.6 Å². The highest BCUT2D eigenvalue weighted by Gasteiger charge is 2.98. The monoisotopic (exact) mass is 638 g/mol. The van der Waals surface area contributed by atoms with Crippen molar-refractivity contribution >= 4 is 5.97 Å². The van der Waals surface area contributed by atoms with E-state index >= 15 is 0 Å². The molecule has 0 atom stereocenters. The van der Waals surface area contributed by atoms with E-state index in [9.17, 15) is 101 Å². The van der Waals surface area contributed by atoms with Crippen molar-refractivity contribution in [2.75, 3.05) is 6.61 Å². The summed E-state index contributed by atoms with van der Waals surface area (Å²) in [7, 11) is 0. The third-order valence-electron chi connectivity index (χ3n) is 3.93. The zero-order valence-electron chi connectivity index (χ0n) is 17.6. The van der Waals surface area contributed by atoms with Crippen molar-refractivity contribution in [3.63, 3.8) is 0 Å². The second-order valence-corrected chi connectivity index (χ2v) is 6.55. The highest BCUT2D eigenvalue weighted by molar-refractivity contribution is 5.81. The molecule has 0 saturated heterocycles. The molecule has 0 aromatic carbocycles. The molecule has 0 unspecified atom stereocenters. The van der Waals surface area contributed by atoms with Gasteiger partial charge in [0.05, 0.1) is 6.61 Å². The van der Waals surface area contributed by atoms with Crippen molar-refractivity contribution in [2.24, 2.45) is 0 Å². The van der Waals surface area contributed by atoms with E-state index < -0.39 is 59.7 Å². The van der Waals surface area contributed by atoms with Crippen molar-refractivity contribution in [1.29, 1.82) is 0 Å². The first kappa shape index (κ1) is 38.8. The van der Waals surface area contributed by atoms with Gasteiger partial charge in [0, 0.05) is 6.08 Å². The van der Waals surface area contributed by atoms with Gasteiger partial charge in [0.25, 0.3) is 0 Å². The summed E-state index contributed by atoms with van der Waals surface area (Å²) < 4.78 is 280. The van der Waals surface area contributed by atoms with E-state index in [4.69, 9.17) is 0 Å². The molecule has 0 bridgehead atoms. The number of hydrogen-bond donors (Lipinski definition) is 0. The Morgan fingerprint density at radius 2 is 0.667 bits per heavy atom. The Labute approximate surface area is 199 Å². The largest absolute Gasteiger partial charge is 0.463 e. The zero-order valence-corrected chi connectivity index (χ0v) is 17.6. The average Bonchev–Trinajstić information content (AvgIpc) is 2.71. The number of hydrogen-bond acceptors (Lipinski definition) is 2. The number of carbonyl (C=O) groups excluding carboxylic acids is 1. The molecular formula is C15H8F22O2. The molecule has 0 rings (SSSR count). The molecule has 0 aromatic heterocycles. The predicted octanol–water partition coefficient (Wildman–Crippen LogP) is 7.93. The van der Waals surface area contributed by atoms with E-state index in [0.29, 0.717) is 6.61 Å². The second-order valence-electron chi connectivity index (χ2n) is 6.55. The molecule has 0 fully saturated rings. The van der Waals surface area contributed by atoms with Crippen molar-refractivity contribution in [3.8, 4) is 0 Å². The van der Waals surface area contributed by atoms with Gasteiger partial charge in [-0.25, -0.2) is 4.79 Å². The van der Waals surface area contributed by atoms with Crippen LogP contribution >= 0.6 is 0 Å². The lowest BCUT2D eigenvalue weighted by molar-refractivity contribution is -0.478. The van der Waals surface area contributed by atoms with Crippen LogP contribution in [0.15, 0.2) is 12.7 Å².